The fourth-order valence-electron chi connectivity index (χ4n) is 4.84. The third-order valence-electron chi connectivity index (χ3n) is 6.00. The predicted octanol–water partition coefficient (Wildman–Crippen LogP) is 5.58. The van der Waals surface area contributed by atoms with Gasteiger partial charge in [0.15, 0.2) is 0 Å². The standard InChI is InChI=1S/C23H19NOS/c1-24-18-9-5-4-8-17(18)22-20-15(13-26-23(22)24)12-25-19-11-10-14-6-2-3-7-16(14)21(19)20/h2-11,15,20H,12-13H2,1H3/t15-,20+/m0/s1. The van der Waals surface area contributed by atoms with Crippen LogP contribution in [-0.4, -0.2) is 16.9 Å². The molecule has 0 aliphatic carbocycles. The minimum Gasteiger partial charge on any atom is -0.493 e. The van der Waals surface area contributed by atoms with Gasteiger partial charge in [-0.15, -0.1) is 11.8 Å². The van der Waals surface area contributed by atoms with Crippen molar-refractivity contribution in [3.05, 3.63) is 71.8 Å². The third-order valence-corrected chi connectivity index (χ3v) is 7.36. The molecule has 6 rings (SSSR count). The molecule has 3 aromatic carbocycles. The van der Waals surface area contributed by atoms with E-state index in [9.17, 15) is 0 Å². The SMILES string of the molecule is Cn1c2c(c3ccccc31)[C@H]1c3c(ccc4ccccc34)OC[C@H]1CS2. The molecule has 0 amide bonds. The number of aromatic nitrogens is 1. The van der Waals surface area contributed by atoms with Crippen LogP contribution in [0.5, 0.6) is 5.75 Å². The van der Waals surface area contributed by atoms with Crippen molar-refractivity contribution in [1.29, 1.82) is 0 Å². The number of rotatable bonds is 0. The zero-order chi connectivity index (χ0) is 17.3. The first-order chi connectivity index (χ1) is 12.8. The van der Waals surface area contributed by atoms with Crippen molar-refractivity contribution in [1.82, 2.24) is 4.57 Å². The fourth-order valence-corrected chi connectivity index (χ4v) is 6.18. The molecule has 0 unspecified atom stereocenters. The molecule has 0 bridgehead atoms. The van der Waals surface area contributed by atoms with Gasteiger partial charge in [0.2, 0.25) is 0 Å². The summed E-state index contributed by atoms with van der Waals surface area (Å²) in [6.45, 7) is 0.811. The summed E-state index contributed by atoms with van der Waals surface area (Å²) in [6.07, 6.45) is 0. The average Bonchev–Trinajstić information content (AvgIpc) is 3.00. The van der Waals surface area contributed by atoms with Crippen LogP contribution >= 0.6 is 11.8 Å². The summed E-state index contributed by atoms with van der Waals surface area (Å²) in [5.74, 6) is 3.12. The lowest BCUT2D eigenvalue weighted by Crippen LogP contribution is -2.31. The van der Waals surface area contributed by atoms with Crippen LogP contribution in [0.25, 0.3) is 21.7 Å². The molecule has 2 aliphatic rings. The first-order valence-electron chi connectivity index (χ1n) is 9.17. The Morgan fingerprint density at radius 1 is 0.923 bits per heavy atom. The van der Waals surface area contributed by atoms with E-state index in [-0.39, 0.29) is 0 Å². The molecule has 0 N–H and O–H groups in total. The Bertz CT molecular complexity index is 1180. The minimum absolute atomic E-state index is 0.409. The van der Waals surface area contributed by atoms with Crippen molar-refractivity contribution in [2.45, 2.75) is 10.9 Å². The third kappa shape index (κ3) is 1.84. The zero-order valence-electron chi connectivity index (χ0n) is 14.6. The smallest absolute Gasteiger partial charge is 0.123 e. The number of aryl methyl sites for hydroxylation is 1. The Kier molecular flexibility index (Phi) is 3.01. The lowest BCUT2D eigenvalue weighted by Gasteiger charge is -2.38. The van der Waals surface area contributed by atoms with Gasteiger partial charge in [0, 0.05) is 41.1 Å². The van der Waals surface area contributed by atoms with Gasteiger partial charge in [0.25, 0.3) is 0 Å². The molecular weight excluding hydrogens is 338 g/mol. The lowest BCUT2D eigenvalue weighted by molar-refractivity contribution is 0.219. The van der Waals surface area contributed by atoms with Crippen molar-refractivity contribution >= 4 is 33.4 Å². The molecule has 0 saturated carbocycles. The van der Waals surface area contributed by atoms with Crippen LogP contribution in [-0.2, 0) is 7.05 Å². The second-order valence-electron chi connectivity index (χ2n) is 7.35. The van der Waals surface area contributed by atoms with Gasteiger partial charge >= 0.3 is 0 Å². The second-order valence-corrected chi connectivity index (χ2v) is 8.36. The van der Waals surface area contributed by atoms with Crippen LogP contribution in [0.4, 0.5) is 0 Å². The van der Waals surface area contributed by atoms with Crippen LogP contribution in [0.3, 0.4) is 0 Å². The average molecular weight is 357 g/mol. The molecule has 2 aliphatic heterocycles. The summed E-state index contributed by atoms with van der Waals surface area (Å²) in [4.78, 5) is 0. The highest BCUT2D eigenvalue weighted by Crippen LogP contribution is 2.54. The molecule has 0 saturated heterocycles. The molecule has 0 spiro atoms. The Labute approximate surface area is 156 Å². The van der Waals surface area contributed by atoms with E-state index in [1.807, 2.05) is 11.8 Å². The fraction of sp³-hybridized carbons (Fsp3) is 0.217. The first kappa shape index (κ1) is 14.7. The Morgan fingerprint density at radius 3 is 2.65 bits per heavy atom. The molecule has 128 valence electrons. The van der Waals surface area contributed by atoms with Gasteiger partial charge in [-0.2, -0.15) is 0 Å². The van der Waals surface area contributed by atoms with E-state index in [4.69, 9.17) is 4.74 Å². The number of fused-ring (bicyclic) bond motifs is 9. The zero-order valence-corrected chi connectivity index (χ0v) is 15.4. The highest BCUT2D eigenvalue weighted by atomic mass is 32.2. The Morgan fingerprint density at radius 2 is 1.73 bits per heavy atom. The largest absolute Gasteiger partial charge is 0.493 e. The highest BCUT2D eigenvalue weighted by Gasteiger charge is 2.40. The number of ether oxygens (including phenoxy) is 1. The van der Waals surface area contributed by atoms with E-state index in [2.05, 4.69) is 72.3 Å². The number of hydrogen-bond donors (Lipinski definition) is 0. The monoisotopic (exact) mass is 357 g/mol. The molecule has 3 heterocycles. The van der Waals surface area contributed by atoms with Crippen molar-refractivity contribution in [2.75, 3.05) is 12.4 Å². The lowest BCUT2D eigenvalue weighted by atomic mass is 9.77. The van der Waals surface area contributed by atoms with E-state index < -0.39 is 0 Å². The van der Waals surface area contributed by atoms with Gasteiger partial charge < -0.3 is 9.30 Å². The summed E-state index contributed by atoms with van der Waals surface area (Å²) in [7, 11) is 2.21. The molecule has 1 aromatic heterocycles. The van der Waals surface area contributed by atoms with E-state index in [0.29, 0.717) is 11.8 Å². The molecule has 0 fully saturated rings. The van der Waals surface area contributed by atoms with Gasteiger partial charge in [0.1, 0.15) is 5.75 Å². The quantitative estimate of drug-likeness (QED) is 0.408. The van der Waals surface area contributed by atoms with Crippen LogP contribution < -0.4 is 4.74 Å². The maximum atomic E-state index is 6.21. The normalized spacial score (nSPS) is 21.1. The van der Waals surface area contributed by atoms with Crippen LogP contribution in [0.2, 0.25) is 0 Å². The molecular formula is C23H19NOS. The van der Waals surface area contributed by atoms with Crippen LogP contribution in [0.1, 0.15) is 17.0 Å². The van der Waals surface area contributed by atoms with Crippen molar-refractivity contribution in [3.8, 4) is 5.75 Å². The number of hydrogen-bond acceptors (Lipinski definition) is 2. The Hall–Kier alpha value is -2.39. The van der Waals surface area contributed by atoms with E-state index in [1.165, 1.54) is 37.8 Å². The van der Waals surface area contributed by atoms with Crippen LogP contribution in [0, 0.1) is 5.92 Å². The van der Waals surface area contributed by atoms with E-state index >= 15 is 0 Å². The van der Waals surface area contributed by atoms with Gasteiger partial charge in [-0.25, -0.2) is 0 Å². The summed E-state index contributed by atoms with van der Waals surface area (Å²) in [6, 6.07) is 21.9. The Balaban J connectivity index is 1.73. The van der Waals surface area contributed by atoms with Crippen molar-refractivity contribution in [2.24, 2.45) is 13.0 Å². The molecule has 3 heteroatoms. The van der Waals surface area contributed by atoms with Gasteiger partial charge in [0.05, 0.1) is 11.6 Å². The van der Waals surface area contributed by atoms with Gasteiger partial charge in [-0.3, -0.25) is 0 Å². The summed E-state index contributed by atoms with van der Waals surface area (Å²) >= 11 is 1.99. The molecule has 26 heavy (non-hydrogen) atoms. The van der Waals surface area contributed by atoms with Crippen molar-refractivity contribution in [3.63, 3.8) is 0 Å². The number of thioether (sulfide) groups is 1. The summed E-state index contributed by atoms with van der Waals surface area (Å²) < 4.78 is 8.60. The minimum atomic E-state index is 0.409. The van der Waals surface area contributed by atoms with Gasteiger partial charge in [-0.1, -0.05) is 48.5 Å². The predicted molar refractivity (Wildman–Crippen MR) is 108 cm³/mol. The second kappa shape index (κ2) is 5.31. The van der Waals surface area contributed by atoms with E-state index in [1.54, 1.807) is 0 Å². The molecule has 2 atom stereocenters. The molecule has 2 nitrogen and oxygen atoms in total. The van der Waals surface area contributed by atoms with Crippen LogP contribution in [0.15, 0.2) is 65.7 Å². The highest BCUT2D eigenvalue weighted by molar-refractivity contribution is 7.99. The van der Waals surface area contributed by atoms with Crippen molar-refractivity contribution < 1.29 is 4.74 Å². The molecule has 4 aromatic rings. The topological polar surface area (TPSA) is 14.2 Å². The summed E-state index contributed by atoms with van der Waals surface area (Å²) in [5, 5.41) is 5.46. The maximum absolute atomic E-state index is 6.21. The number of benzene rings is 3. The summed E-state index contributed by atoms with van der Waals surface area (Å²) in [5.41, 5.74) is 4.22. The maximum Gasteiger partial charge on any atom is 0.123 e. The number of para-hydroxylation sites is 1. The van der Waals surface area contributed by atoms with Gasteiger partial charge in [-0.05, 0) is 28.5 Å². The number of nitrogens with zero attached hydrogens (tertiary/aromatic N) is 1. The first-order valence-corrected chi connectivity index (χ1v) is 10.2. The van der Waals surface area contributed by atoms with E-state index in [0.717, 1.165) is 18.1 Å². The molecule has 0 radical (unpaired) electrons.